The molecule has 4 nitrogen and oxygen atoms in total. The van der Waals surface area contributed by atoms with Crippen molar-refractivity contribution in [2.45, 2.75) is 17.7 Å². The second-order valence-electron chi connectivity index (χ2n) is 3.87. The van der Waals surface area contributed by atoms with Gasteiger partial charge in [-0.15, -0.1) is 11.3 Å². The van der Waals surface area contributed by atoms with Crippen molar-refractivity contribution >= 4 is 23.1 Å². The van der Waals surface area contributed by atoms with Crippen LogP contribution < -0.4 is 0 Å². The van der Waals surface area contributed by atoms with Gasteiger partial charge in [0.05, 0.1) is 19.1 Å². The van der Waals surface area contributed by atoms with E-state index < -0.39 is 0 Å². The summed E-state index contributed by atoms with van der Waals surface area (Å²) in [6, 6.07) is 0. The summed E-state index contributed by atoms with van der Waals surface area (Å²) in [6.45, 7) is 7.06. The molecule has 0 aliphatic carbocycles. The molecule has 0 radical (unpaired) electrons. The lowest BCUT2D eigenvalue weighted by Crippen LogP contribution is -2.48. The molecule has 2 heterocycles. The van der Waals surface area contributed by atoms with Gasteiger partial charge in [0.1, 0.15) is 0 Å². The summed E-state index contributed by atoms with van der Waals surface area (Å²) in [7, 11) is 0. The van der Waals surface area contributed by atoms with Crippen LogP contribution in [0.5, 0.6) is 0 Å². The fourth-order valence-corrected chi connectivity index (χ4v) is 3.44. The maximum atomic E-state index is 5.39. The molecule has 6 heteroatoms. The Balaban J connectivity index is 1.82. The summed E-state index contributed by atoms with van der Waals surface area (Å²) < 4.78 is 6.55. The Morgan fingerprint density at radius 1 is 1.53 bits per heavy atom. The molecule has 1 aromatic heterocycles. The predicted octanol–water partition coefficient (Wildman–Crippen LogP) is 2.15. The first kappa shape index (κ1) is 13.3. The van der Waals surface area contributed by atoms with Crippen LogP contribution in [0.15, 0.2) is 15.9 Å². The van der Waals surface area contributed by atoms with Gasteiger partial charge in [0, 0.05) is 31.2 Å². The van der Waals surface area contributed by atoms with E-state index in [4.69, 9.17) is 4.74 Å². The lowest BCUT2D eigenvalue weighted by Gasteiger charge is -2.36. The normalized spacial score (nSPS) is 17.8. The molecule has 0 unspecified atom stereocenters. The predicted molar refractivity (Wildman–Crippen MR) is 72.2 cm³/mol. The van der Waals surface area contributed by atoms with E-state index in [-0.39, 0.29) is 0 Å². The molecule has 0 saturated carbocycles. The Kier molecular flexibility index (Phi) is 5.73. The van der Waals surface area contributed by atoms with Gasteiger partial charge < -0.3 is 4.74 Å². The minimum atomic E-state index is 0.849. The van der Waals surface area contributed by atoms with Gasteiger partial charge >= 0.3 is 0 Å². The monoisotopic (exact) mass is 273 g/mol. The van der Waals surface area contributed by atoms with Crippen molar-refractivity contribution in [3.05, 3.63) is 11.6 Å². The molecule has 1 aliphatic rings. The molecule has 1 aromatic rings. The third-order valence-electron chi connectivity index (χ3n) is 2.62. The third-order valence-corrected chi connectivity index (χ3v) is 4.60. The van der Waals surface area contributed by atoms with Crippen LogP contribution in [0.4, 0.5) is 0 Å². The SMILES string of the molecule is CCCN(CSc1nccs1)N1CCOCC1. The zero-order chi connectivity index (χ0) is 11.9. The Morgan fingerprint density at radius 3 is 3.00 bits per heavy atom. The molecule has 96 valence electrons. The van der Waals surface area contributed by atoms with E-state index >= 15 is 0 Å². The van der Waals surface area contributed by atoms with Gasteiger partial charge in [-0.1, -0.05) is 18.7 Å². The molecule has 0 bridgehead atoms. The zero-order valence-electron chi connectivity index (χ0n) is 10.2. The van der Waals surface area contributed by atoms with Crippen LogP contribution in [0.2, 0.25) is 0 Å². The van der Waals surface area contributed by atoms with Crippen molar-refractivity contribution in [3.63, 3.8) is 0 Å². The van der Waals surface area contributed by atoms with Crippen LogP contribution in [0.1, 0.15) is 13.3 Å². The molecular formula is C11H19N3OS2. The molecule has 1 fully saturated rings. The van der Waals surface area contributed by atoms with Gasteiger partial charge in [-0.3, -0.25) is 0 Å². The fourth-order valence-electron chi connectivity index (χ4n) is 1.79. The summed E-state index contributed by atoms with van der Waals surface area (Å²) in [5.74, 6) is 0.987. The van der Waals surface area contributed by atoms with Gasteiger partial charge in [0.15, 0.2) is 4.34 Å². The van der Waals surface area contributed by atoms with E-state index in [1.807, 2.05) is 23.3 Å². The van der Waals surface area contributed by atoms with Crippen LogP contribution in [0.3, 0.4) is 0 Å². The Bertz CT molecular complexity index is 302. The highest BCUT2D eigenvalue weighted by molar-refractivity contribution is 8.00. The maximum Gasteiger partial charge on any atom is 0.151 e. The highest BCUT2D eigenvalue weighted by Crippen LogP contribution is 2.22. The third kappa shape index (κ3) is 4.22. The number of morpholine rings is 1. The van der Waals surface area contributed by atoms with E-state index in [1.54, 1.807) is 11.3 Å². The van der Waals surface area contributed by atoms with E-state index in [2.05, 4.69) is 21.9 Å². The van der Waals surface area contributed by atoms with Crippen molar-refractivity contribution in [2.75, 3.05) is 38.7 Å². The molecule has 0 amide bonds. The molecule has 1 aliphatic heterocycles. The van der Waals surface area contributed by atoms with E-state index in [0.717, 1.165) is 43.1 Å². The van der Waals surface area contributed by atoms with Crippen LogP contribution in [-0.4, -0.2) is 53.7 Å². The number of aromatic nitrogens is 1. The van der Waals surface area contributed by atoms with E-state index in [9.17, 15) is 0 Å². The van der Waals surface area contributed by atoms with Crippen LogP contribution in [-0.2, 0) is 4.74 Å². The highest BCUT2D eigenvalue weighted by atomic mass is 32.2. The molecule has 0 aromatic carbocycles. The minimum Gasteiger partial charge on any atom is -0.379 e. The molecular weight excluding hydrogens is 254 g/mol. The number of thiazole rings is 1. The zero-order valence-corrected chi connectivity index (χ0v) is 11.8. The molecule has 1 saturated heterocycles. The van der Waals surface area contributed by atoms with Crippen molar-refractivity contribution < 1.29 is 4.74 Å². The first-order valence-corrected chi connectivity index (χ1v) is 7.86. The average Bonchev–Trinajstić information content (AvgIpc) is 2.88. The van der Waals surface area contributed by atoms with E-state index in [0.29, 0.717) is 0 Å². The number of ether oxygens (including phenoxy) is 1. The number of nitrogens with zero attached hydrogens (tertiary/aromatic N) is 3. The number of rotatable bonds is 6. The van der Waals surface area contributed by atoms with Gasteiger partial charge in [-0.25, -0.2) is 15.0 Å². The maximum absolute atomic E-state index is 5.39. The van der Waals surface area contributed by atoms with Gasteiger partial charge in [0.2, 0.25) is 0 Å². The molecule has 0 N–H and O–H groups in total. The largest absolute Gasteiger partial charge is 0.379 e. The Hall–Kier alpha value is -0.140. The topological polar surface area (TPSA) is 28.6 Å². The lowest BCUT2D eigenvalue weighted by molar-refractivity contribution is -0.0790. The van der Waals surface area contributed by atoms with Gasteiger partial charge in [-0.05, 0) is 6.42 Å². The van der Waals surface area contributed by atoms with Crippen molar-refractivity contribution in [3.8, 4) is 0 Å². The summed E-state index contributed by atoms with van der Waals surface area (Å²) in [4.78, 5) is 4.31. The molecule has 17 heavy (non-hydrogen) atoms. The fraction of sp³-hybridized carbons (Fsp3) is 0.727. The first-order chi connectivity index (χ1) is 8.40. The number of hydrogen-bond donors (Lipinski definition) is 0. The lowest BCUT2D eigenvalue weighted by atomic mass is 10.4. The summed E-state index contributed by atoms with van der Waals surface area (Å²) in [5.41, 5.74) is 0. The number of hydrazine groups is 1. The van der Waals surface area contributed by atoms with Crippen LogP contribution in [0.25, 0.3) is 0 Å². The Labute approximate surface area is 111 Å². The average molecular weight is 273 g/mol. The van der Waals surface area contributed by atoms with Gasteiger partial charge in [0.25, 0.3) is 0 Å². The van der Waals surface area contributed by atoms with Crippen molar-refractivity contribution in [1.82, 2.24) is 15.0 Å². The first-order valence-electron chi connectivity index (χ1n) is 6.00. The molecule has 0 spiro atoms. The number of thioether (sulfide) groups is 1. The van der Waals surface area contributed by atoms with Crippen LogP contribution >= 0.6 is 23.1 Å². The second-order valence-corrected chi connectivity index (χ2v) is 5.95. The summed E-state index contributed by atoms with van der Waals surface area (Å²) in [5, 5.41) is 6.86. The quantitative estimate of drug-likeness (QED) is 0.585. The minimum absolute atomic E-state index is 0.849. The summed E-state index contributed by atoms with van der Waals surface area (Å²) in [6.07, 6.45) is 3.04. The van der Waals surface area contributed by atoms with Crippen molar-refractivity contribution in [1.29, 1.82) is 0 Å². The second kappa shape index (κ2) is 7.33. The molecule has 2 rings (SSSR count). The van der Waals surface area contributed by atoms with Crippen molar-refractivity contribution in [2.24, 2.45) is 0 Å². The van der Waals surface area contributed by atoms with Crippen LogP contribution in [0, 0.1) is 0 Å². The number of hydrogen-bond acceptors (Lipinski definition) is 6. The standard InChI is InChI=1S/C11H19N3OS2/c1-2-4-14(13-5-7-15-8-6-13)10-17-11-12-3-9-16-11/h3,9H,2,4-8,10H2,1H3. The van der Waals surface area contributed by atoms with Gasteiger partial charge in [-0.2, -0.15) is 0 Å². The summed E-state index contributed by atoms with van der Waals surface area (Å²) >= 11 is 3.53. The highest BCUT2D eigenvalue weighted by Gasteiger charge is 2.18. The van der Waals surface area contributed by atoms with E-state index in [1.165, 1.54) is 6.42 Å². The molecule has 0 atom stereocenters. The smallest absolute Gasteiger partial charge is 0.151 e. The Morgan fingerprint density at radius 2 is 2.35 bits per heavy atom.